The van der Waals surface area contributed by atoms with Crippen molar-refractivity contribution >= 4 is 27.3 Å². The average molecular weight is 482 g/mol. The molecule has 33 heavy (non-hydrogen) atoms. The standard InChI is InChI=1S/C21H27N3O8S/c1-30-18-10-8-16(24(26)27)13-17(18)23(33(4,28)29)14-21(25)22-11-5-6-15-7-9-19(31-2)20(12-15)32-3/h7-10,12-13H,5-6,11,14H2,1-4H3,(H,22,25). The van der Waals surface area contributed by atoms with E-state index in [4.69, 9.17) is 14.2 Å². The van der Waals surface area contributed by atoms with Crippen molar-refractivity contribution in [2.75, 3.05) is 45.0 Å². The Kier molecular flexibility index (Phi) is 8.85. The first-order chi connectivity index (χ1) is 15.6. The van der Waals surface area contributed by atoms with Gasteiger partial charge in [-0.3, -0.25) is 19.2 Å². The Labute approximate surface area is 192 Å². The van der Waals surface area contributed by atoms with E-state index in [1.165, 1.54) is 19.2 Å². The molecule has 1 amide bonds. The van der Waals surface area contributed by atoms with Gasteiger partial charge < -0.3 is 19.5 Å². The molecule has 0 spiro atoms. The number of nitro benzene ring substituents is 1. The van der Waals surface area contributed by atoms with Crippen molar-refractivity contribution in [1.29, 1.82) is 0 Å². The minimum absolute atomic E-state index is 0.0883. The quantitative estimate of drug-likeness (QED) is 0.276. The highest BCUT2D eigenvalue weighted by atomic mass is 32.2. The zero-order valence-electron chi connectivity index (χ0n) is 18.9. The molecule has 0 saturated carbocycles. The van der Waals surface area contributed by atoms with Gasteiger partial charge in [0.1, 0.15) is 18.0 Å². The number of benzene rings is 2. The number of carbonyl (C=O) groups is 1. The Balaban J connectivity index is 2.05. The Morgan fingerprint density at radius 1 is 1.03 bits per heavy atom. The van der Waals surface area contributed by atoms with Crippen molar-refractivity contribution in [3.63, 3.8) is 0 Å². The fraction of sp³-hybridized carbons (Fsp3) is 0.381. The van der Waals surface area contributed by atoms with E-state index in [1.54, 1.807) is 20.3 Å². The summed E-state index contributed by atoms with van der Waals surface area (Å²) in [5.74, 6) is 0.759. The van der Waals surface area contributed by atoms with Gasteiger partial charge in [-0.2, -0.15) is 0 Å². The fourth-order valence-corrected chi connectivity index (χ4v) is 3.96. The van der Waals surface area contributed by atoms with Gasteiger partial charge >= 0.3 is 0 Å². The zero-order chi connectivity index (χ0) is 24.6. The smallest absolute Gasteiger partial charge is 0.271 e. The molecule has 0 bridgehead atoms. The molecule has 0 aliphatic rings. The molecular weight excluding hydrogens is 454 g/mol. The maximum atomic E-state index is 12.5. The van der Waals surface area contributed by atoms with Crippen LogP contribution in [0.4, 0.5) is 11.4 Å². The number of methoxy groups -OCH3 is 3. The topological polar surface area (TPSA) is 137 Å². The number of anilines is 1. The molecule has 11 nitrogen and oxygen atoms in total. The van der Waals surface area contributed by atoms with Crippen LogP contribution in [-0.4, -0.2) is 59.9 Å². The van der Waals surface area contributed by atoms with Crippen LogP contribution in [0.15, 0.2) is 36.4 Å². The van der Waals surface area contributed by atoms with Crippen LogP contribution < -0.4 is 23.8 Å². The van der Waals surface area contributed by atoms with Gasteiger partial charge in [-0.15, -0.1) is 0 Å². The summed E-state index contributed by atoms with van der Waals surface area (Å²) in [7, 11) is 0.472. The van der Waals surface area contributed by atoms with Gasteiger partial charge in [0, 0.05) is 18.7 Å². The first-order valence-electron chi connectivity index (χ1n) is 9.88. The number of hydrogen-bond donors (Lipinski definition) is 1. The molecule has 1 N–H and O–H groups in total. The Hall–Kier alpha value is -3.54. The molecule has 2 rings (SSSR count). The third kappa shape index (κ3) is 6.97. The number of aryl methyl sites for hydroxylation is 1. The van der Waals surface area contributed by atoms with Crippen LogP contribution in [0.3, 0.4) is 0 Å². The summed E-state index contributed by atoms with van der Waals surface area (Å²) in [5.41, 5.74) is 0.574. The van der Waals surface area contributed by atoms with E-state index in [9.17, 15) is 23.3 Å². The summed E-state index contributed by atoms with van der Waals surface area (Å²) in [6, 6.07) is 9.07. The SMILES string of the molecule is COc1ccc(CCCNC(=O)CN(c2cc([N+](=O)[O-])ccc2OC)S(C)(=O)=O)cc1OC. The predicted octanol–water partition coefficient (Wildman–Crippen LogP) is 2.14. The van der Waals surface area contributed by atoms with E-state index in [2.05, 4.69) is 5.32 Å². The highest BCUT2D eigenvalue weighted by Gasteiger charge is 2.26. The molecule has 0 aliphatic carbocycles. The van der Waals surface area contributed by atoms with Crippen molar-refractivity contribution in [3.05, 3.63) is 52.1 Å². The molecule has 0 radical (unpaired) electrons. The number of carbonyl (C=O) groups excluding carboxylic acids is 1. The Morgan fingerprint density at radius 3 is 2.24 bits per heavy atom. The molecule has 0 unspecified atom stereocenters. The lowest BCUT2D eigenvalue weighted by atomic mass is 10.1. The average Bonchev–Trinajstić information content (AvgIpc) is 2.78. The molecule has 180 valence electrons. The first-order valence-corrected chi connectivity index (χ1v) is 11.7. The third-order valence-corrected chi connectivity index (χ3v) is 5.87. The number of rotatable bonds is 12. The van der Waals surface area contributed by atoms with Crippen LogP contribution in [0.25, 0.3) is 0 Å². The lowest BCUT2D eigenvalue weighted by Gasteiger charge is -2.23. The number of ether oxygens (including phenoxy) is 3. The molecule has 0 atom stereocenters. The van der Waals surface area contributed by atoms with Crippen LogP contribution in [0.5, 0.6) is 17.2 Å². The second kappa shape index (κ2) is 11.4. The number of nitrogens with one attached hydrogen (secondary N) is 1. The van der Waals surface area contributed by atoms with Crippen molar-refractivity contribution < 1.29 is 32.3 Å². The summed E-state index contributed by atoms with van der Waals surface area (Å²) < 4.78 is 41.1. The van der Waals surface area contributed by atoms with Gasteiger partial charge in [0.2, 0.25) is 15.9 Å². The Bertz CT molecular complexity index is 1100. The minimum Gasteiger partial charge on any atom is -0.495 e. The maximum absolute atomic E-state index is 12.5. The highest BCUT2D eigenvalue weighted by molar-refractivity contribution is 7.92. The zero-order valence-corrected chi connectivity index (χ0v) is 19.7. The van der Waals surface area contributed by atoms with E-state index in [1.807, 2.05) is 12.1 Å². The molecule has 0 aliphatic heterocycles. The molecule has 2 aromatic rings. The summed E-state index contributed by atoms with van der Waals surface area (Å²) in [6.07, 6.45) is 2.16. The van der Waals surface area contributed by atoms with Crippen LogP contribution in [-0.2, 0) is 21.2 Å². The van der Waals surface area contributed by atoms with Gasteiger partial charge in [-0.05, 0) is 36.6 Å². The molecule has 0 heterocycles. The van der Waals surface area contributed by atoms with Crippen LogP contribution in [0, 0.1) is 10.1 Å². The molecule has 0 saturated heterocycles. The largest absolute Gasteiger partial charge is 0.495 e. The number of amides is 1. The lowest BCUT2D eigenvalue weighted by Crippen LogP contribution is -2.40. The predicted molar refractivity (Wildman–Crippen MR) is 123 cm³/mol. The number of sulfonamides is 1. The van der Waals surface area contributed by atoms with Crippen molar-refractivity contribution in [2.24, 2.45) is 0 Å². The number of hydrogen-bond acceptors (Lipinski definition) is 8. The first kappa shape index (κ1) is 25.7. The van der Waals surface area contributed by atoms with Crippen LogP contribution in [0.1, 0.15) is 12.0 Å². The summed E-state index contributed by atoms with van der Waals surface area (Å²) >= 11 is 0. The normalized spacial score (nSPS) is 10.9. The molecule has 0 aromatic heterocycles. The van der Waals surface area contributed by atoms with Gasteiger partial charge in [-0.25, -0.2) is 8.42 Å². The second-order valence-corrected chi connectivity index (χ2v) is 8.93. The summed E-state index contributed by atoms with van der Waals surface area (Å²) in [5, 5.41) is 13.8. The van der Waals surface area contributed by atoms with Crippen molar-refractivity contribution in [1.82, 2.24) is 5.32 Å². The van der Waals surface area contributed by atoms with E-state index in [-0.39, 0.29) is 17.1 Å². The lowest BCUT2D eigenvalue weighted by molar-refractivity contribution is -0.384. The fourth-order valence-electron chi connectivity index (χ4n) is 3.11. The number of non-ortho nitro benzene ring substituents is 1. The summed E-state index contributed by atoms with van der Waals surface area (Å²) in [4.78, 5) is 22.9. The van der Waals surface area contributed by atoms with Crippen molar-refractivity contribution in [3.8, 4) is 17.2 Å². The third-order valence-electron chi connectivity index (χ3n) is 4.74. The van der Waals surface area contributed by atoms with Gasteiger partial charge in [-0.1, -0.05) is 6.07 Å². The minimum atomic E-state index is -3.93. The summed E-state index contributed by atoms with van der Waals surface area (Å²) in [6.45, 7) is -0.246. The van der Waals surface area contributed by atoms with Crippen LogP contribution >= 0.6 is 0 Å². The Morgan fingerprint density at radius 2 is 1.67 bits per heavy atom. The van der Waals surface area contributed by atoms with Gasteiger partial charge in [0.15, 0.2) is 11.5 Å². The van der Waals surface area contributed by atoms with Crippen molar-refractivity contribution in [2.45, 2.75) is 12.8 Å². The molecule has 0 fully saturated rings. The monoisotopic (exact) mass is 481 g/mol. The molecular formula is C21H27N3O8S. The molecule has 2 aromatic carbocycles. The van der Waals surface area contributed by atoms with E-state index < -0.39 is 27.4 Å². The van der Waals surface area contributed by atoms with Crippen LogP contribution in [0.2, 0.25) is 0 Å². The number of nitrogens with zero attached hydrogens (tertiary/aromatic N) is 2. The highest BCUT2D eigenvalue weighted by Crippen LogP contribution is 2.33. The van der Waals surface area contributed by atoms with E-state index in [0.29, 0.717) is 30.9 Å². The number of nitro groups is 1. The second-order valence-electron chi connectivity index (χ2n) is 7.03. The maximum Gasteiger partial charge on any atom is 0.271 e. The van der Waals surface area contributed by atoms with E-state index in [0.717, 1.165) is 22.2 Å². The van der Waals surface area contributed by atoms with Gasteiger partial charge in [0.25, 0.3) is 5.69 Å². The molecule has 12 heteroatoms. The van der Waals surface area contributed by atoms with E-state index >= 15 is 0 Å². The van der Waals surface area contributed by atoms with Gasteiger partial charge in [0.05, 0.1) is 32.5 Å².